The van der Waals surface area contributed by atoms with E-state index in [1.807, 2.05) is 30.3 Å². The van der Waals surface area contributed by atoms with Crippen LogP contribution in [0.2, 0.25) is 0 Å². The van der Waals surface area contributed by atoms with Gasteiger partial charge in [-0.2, -0.15) is 10.2 Å². The first-order valence-corrected chi connectivity index (χ1v) is 12.5. The molecule has 184 valence electrons. The summed E-state index contributed by atoms with van der Waals surface area (Å²) < 4.78 is 0. The van der Waals surface area contributed by atoms with Crippen LogP contribution in [-0.4, -0.2) is 22.8 Å². The zero-order valence-corrected chi connectivity index (χ0v) is 20.6. The number of benzene rings is 4. The highest BCUT2D eigenvalue weighted by atomic mass is 16.2. The third kappa shape index (κ3) is 4.80. The van der Waals surface area contributed by atoms with Crippen LogP contribution in [0.3, 0.4) is 0 Å². The Bertz CT molecular complexity index is 1620. The fourth-order valence-electron chi connectivity index (χ4n) is 4.78. The maximum Gasteiger partial charge on any atom is 0.272 e. The maximum absolute atomic E-state index is 12.2. The Morgan fingerprint density at radius 1 is 0.868 bits per heavy atom. The number of rotatable bonds is 6. The number of anilines is 1. The molecule has 0 saturated heterocycles. The lowest BCUT2D eigenvalue weighted by Crippen LogP contribution is -2.19. The molecule has 1 amide bonds. The number of pyridine rings is 1. The van der Waals surface area contributed by atoms with E-state index in [2.05, 4.69) is 87.3 Å². The Hall–Kier alpha value is -5.10. The van der Waals surface area contributed by atoms with Crippen LogP contribution in [0.4, 0.5) is 5.69 Å². The zero-order valence-electron chi connectivity index (χ0n) is 20.6. The van der Waals surface area contributed by atoms with Gasteiger partial charge < -0.3 is 0 Å². The second-order valence-electron chi connectivity index (χ2n) is 9.08. The molecule has 1 aromatic heterocycles. The van der Waals surface area contributed by atoms with E-state index in [1.54, 1.807) is 24.5 Å². The summed E-state index contributed by atoms with van der Waals surface area (Å²) in [6, 6.07) is 36.8. The molecule has 6 nitrogen and oxygen atoms in total. The molecule has 5 aromatic rings. The fourth-order valence-corrected chi connectivity index (χ4v) is 4.78. The van der Waals surface area contributed by atoms with Crippen LogP contribution < -0.4 is 10.4 Å². The number of hydrogen-bond donors (Lipinski definition) is 1. The average Bonchev–Trinajstić information content (AvgIpc) is 3.43. The summed E-state index contributed by atoms with van der Waals surface area (Å²) in [5.74, 6) is -0.302. The molecule has 0 bridgehead atoms. The first-order valence-electron chi connectivity index (χ1n) is 12.5. The lowest BCUT2D eigenvalue weighted by molar-refractivity contribution is 0.0955. The van der Waals surface area contributed by atoms with Gasteiger partial charge in [0.2, 0.25) is 0 Å². The molecule has 0 fully saturated rings. The molecule has 1 atom stereocenters. The largest absolute Gasteiger partial charge is 0.272 e. The highest BCUT2D eigenvalue weighted by molar-refractivity contribution is 6.04. The van der Waals surface area contributed by atoms with Crippen molar-refractivity contribution >= 4 is 34.3 Å². The van der Waals surface area contributed by atoms with E-state index in [1.165, 1.54) is 22.5 Å². The molecule has 6 rings (SSSR count). The SMILES string of the molecule is O=C(NN=Cc1ccc(N2N=C(c3ccccc3)C[C@H]2c2cccc3ccccc23)cc1)c1cccnc1. The number of carbonyl (C=O) groups is 1. The predicted molar refractivity (Wildman–Crippen MR) is 153 cm³/mol. The number of hydrazone groups is 2. The first kappa shape index (κ1) is 23.3. The average molecular weight is 496 g/mol. The van der Waals surface area contributed by atoms with E-state index < -0.39 is 0 Å². The molecule has 0 spiro atoms. The molecule has 38 heavy (non-hydrogen) atoms. The van der Waals surface area contributed by atoms with Gasteiger partial charge in [0.05, 0.1) is 29.2 Å². The molecule has 0 radical (unpaired) electrons. The number of hydrogen-bond acceptors (Lipinski definition) is 5. The minimum absolute atomic E-state index is 0.0644. The number of aromatic nitrogens is 1. The zero-order chi connectivity index (χ0) is 25.7. The van der Waals surface area contributed by atoms with Gasteiger partial charge in [-0.05, 0) is 51.7 Å². The van der Waals surface area contributed by atoms with Gasteiger partial charge in [0.15, 0.2) is 0 Å². The van der Waals surface area contributed by atoms with Crippen LogP contribution in [0.25, 0.3) is 10.8 Å². The van der Waals surface area contributed by atoms with Gasteiger partial charge in [0.25, 0.3) is 5.91 Å². The Labute approximate surface area is 221 Å². The molecule has 1 aliphatic heterocycles. The van der Waals surface area contributed by atoms with Crippen molar-refractivity contribution in [1.82, 2.24) is 10.4 Å². The molecule has 6 heteroatoms. The Balaban J connectivity index is 1.28. The van der Waals surface area contributed by atoms with Gasteiger partial charge in [0.1, 0.15) is 0 Å². The second kappa shape index (κ2) is 10.5. The lowest BCUT2D eigenvalue weighted by Gasteiger charge is -2.25. The van der Waals surface area contributed by atoms with Gasteiger partial charge in [-0.3, -0.25) is 14.8 Å². The monoisotopic (exact) mass is 495 g/mol. The van der Waals surface area contributed by atoms with E-state index in [-0.39, 0.29) is 11.9 Å². The molecule has 4 aromatic carbocycles. The molecule has 0 unspecified atom stereocenters. The molecule has 1 aliphatic rings. The Morgan fingerprint density at radius 3 is 2.47 bits per heavy atom. The van der Waals surface area contributed by atoms with Crippen molar-refractivity contribution in [3.63, 3.8) is 0 Å². The van der Waals surface area contributed by atoms with E-state index in [0.29, 0.717) is 5.56 Å². The Kier molecular flexibility index (Phi) is 6.43. The third-order valence-corrected chi connectivity index (χ3v) is 6.66. The van der Waals surface area contributed by atoms with Crippen molar-refractivity contribution < 1.29 is 4.79 Å². The number of nitrogens with one attached hydrogen (secondary N) is 1. The van der Waals surface area contributed by atoms with Crippen molar-refractivity contribution in [3.8, 4) is 0 Å². The van der Waals surface area contributed by atoms with Crippen molar-refractivity contribution in [1.29, 1.82) is 0 Å². The van der Waals surface area contributed by atoms with Gasteiger partial charge in [-0.15, -0.1) is 0 Å². The number of fused-ring (bicyclic) bond motifs is 1. The minimum Gasteiger partial charge on any atom is -0.267 e. The van der Waals surface area contributed by atoms with Crippen LogP contribution >= 0.6 is 0 Å². The predicted octanol–water partition coefficient (Wildman–Crippen LogP) is 6.35. The fraction of sp³-hybridized carbons (Fsp3) is 0.0625. The summed E-state index contributed by atoms with van der Waals surface area (Å²) in [4.78, 5) is 16.1. The summed E-state index contributed by atoms with van der Waals surface area (Å²) >= 11 is 0. The number of nitrogens with zero attached hydrogens (tertiary/aromatic N) is 4. The molecule has 0 aliphatic carbocycles. The minimum atomic E-state index is -0.302. The molecular weight excluding hydrogens is 470 g/mol. The van der Waals surface area contributed by atoms with Crippen LogP contribution in [0.15, 0.2) is 132 Å². The van der Waals surface area contributed by atoms with Crippen LogP contribution in [-0.2, 0) is 0 Å². The highest BCUT2D eigenvalue weighted by Gasteiger charge is 2.30. The van der Waals surface area contributed by atoms with Crippen LogP contribution in [0.5, 0.6) is 0 Å². The van der Waals surface area contributed by atoms with Crippen LogP contribution in [0, 0.1) is 0 Å². The summed E-state index contributed by atoms with van der Waals surface area (Å²) in [7, 11) is 0. The molecule has 2 heterocycles. The summed E-state index contributed by atoms with van der Waals surface area (Å²) in [5.41, 5.74) is 8.31. The van der Waals surface area contributed by atoms with E-state index in [4.69, 9.17) is 5.10 Å². The van der Waals surface area contributed by atoms with E-state index in [9.17, 15) is 4.79 Å². The van der Waals surface area contributed by atoms with Crippen LogP contribution in [0.1, 0.15) is 39.5 Å². The standard InChI is InChI=1S/C32H25N5O/c38-32(26-12-7-19-33-22-26)35-34-21-23-15-17-27(18-16-23)37-31(20-30(36-37)25-9-2-1-3-10-25)29-14-6-11-24-8-4-5-13-28(24)29/h1-19,21-22,31H,20H2,(H,35,38)/t31-/m0/s1. The summed E-state index contributed by atoms with van der Waals surface area (Å²) in [6.07, 6.45) is 5.57. The van der Waals surface area contributed by atoms with Crippen molar-refractivity contribution in [2.75, 3.05) is 5.01 Å². The van der Waals surface area contributed by atoms with Gasteiger partial charge in [0, 0.05) is 18.8 Å². The van der Waals surface area contributed by atoms with Gasteiger partial charge in [-0.1, -0.05) is 84.9 Å². The molecular formula is C32H25N5O. The smallest absolute Gasteiger partial charge is 0.267 e. The normalized spacial score (nSPS) is 15.1. The second-order valence-corrected chi connectivity index (χ2v) is 9.08. The van der Waals surface area contributed by atoms with E-state index in [0.717, 1.165) is 28.9 Å². The highest BCUT2D eigenvalue weighted by Crippen LogP contribution is 2.39. The summed E-state index contributed by atoms with van der Waals surface area (Å²) in [6.45, 7) is 0. The maximum atomic E-state index is 12.2. The number of amides is 1. The van der Waals surface area contributed by atoms with Crippen molar-refractivity contribution in [2.45, 2.75) is 12.5 Å². The van der Waals surface area contributed by atoms with Gasteiger partial charge >= 0.3 is 0 Å². The quantitative estimate of drug-likeness (QED) is 0.220. The van der Waals surface area contributed by atoms with Crippen molar-refractivity contribution in [3.05, 3.63) is 144 Å². The molecule has 1 N–H and O–H groups in total. The summed E-state index contributed by atoms with van der Waals surface area (Å²) in [5, 5.41) is 13.8. The first-order chi connectivity index (χ1) is 18.8. The van der Waals surface area contributed by atoms with Crippen molar-refractivity contribution in [2.24, 2.45) is 10.2 Å². The van der Waals surface area contributed by atoms with E-state index >= 15 is 0 Å². The third-order valence-electron chi connectivity index (χ3n) is 6.66. The number of carbonyl (C=O) groups excluding carboxylic acids is 1. The Morgan fingerprint density at radius 2 is 1.66 bits per heavy atom. The molecule has 0 saturated carbocycles. The lowest BCUT2D eigenvalue weighted by atomic mass is 9.94. The van der Waals surface area contributed by atoms with Gasteiger partial charge in [-0.25, -0.2) is 5.43 Å². The topological polar surface area (TPSA) is 70.0 Å².